The van der Waals surface area contributed by atoms with Crippen LogP contribution in [0.4, 0.5) is 0 Å². The number of ketones is 2. The lowest BCUT2D eigenvalue weighted by Crippen LogP contribution is -2.07. The Hall–Kier alpha value is -1.18. The van der Waals surface area contributed by atoms with Gasteiger partial charge in [0.25, 0.3) is 0 Å². The van der Waals surface area contributed by atoms with Gasteiger partial charge in [-0.2, -0.15) is 0 Å². The molecule has 2 rings (SSSR count). The summed E-state index contributed by atoms with van der Waals surface area (Å²) in [4.78, 5) is 24.3. The standard InChI is InChI=1S/C20H30O2/c1-13-6-8-17-18(20(17,4)5)12-15(3)19(22)9-7-14(2)11-16(21)10-13/h7,12-13,17-18H,6,8-11H2,1-5H3/b14-7+,15-12+/t13-,17+,18+/m0/s1. The summed E-state index contributed by atoms with van der Waals surface area (Å²) in [7, 11) is 0. The van der Waals surface area contributed by atoms with Crippen molar-refractivity contribution in [3.05, 3.63) is 23.3 Å². The third kappa shape index (κ3) is 3.97. The number of allylic oxidation sites excluding steroid dienone is 4. The van der Waals surface area contributed by atoms with Crippen molar-refractivity contribution >= 4 is 11.6 Å². The first-order valence-electron chi connectivity index (χ1n) is 8.60. The summed E-state index contributed by atoms with van der Waals surface area (Å²) < 4.78 is 0. The molecular weight excluding hydrogens is 272 g/mol. The molecule has 0 unspecified atom stereocenters. The van der Waals surface area contributed by atoms with Crippen LogP contribution < -0.4 is 0 Å². The molecule has 0 spiro atoms. The van der Waals surface area contributed by atoms with Crippen LogP contribution in [0.1, 0.15) is 66.7 Å². The molecule has 3 atom stereocenters. The van der Waals surface area contributed by atoms with Crippen LogP contribution >= 0.6 is 0 Å². The number of carbonyl (C=O) groups is 2. The Morgan fingerprint density at radius 2 is 1.82 bits per heavy atom. The van der Waals surface area contributed by atoms with Gasteiger partial charge in [-0.3, -0.25) is 9.59 Å². The Morgan fingerprint density at radius 3 is 2.50 bits per heavy atom. The van der Waals surface area contributed by atoms with Gasteiger partial charge < -0.3 is 0 Å². The van der Waals surface area contributed by atoms with E-state index in [9.17, 15) is 9.59 Å². The Labute approximate surface area is 135 Å². The van der Waals surface area contributed by atoms with Crippen molar-refractivity contribution in [2.24, 2.45) is 23.2 Å². The van der Waals surface area contributed by atoms with E-state index in [2.05, 4.69) is 26.8 Å². The first kappa shape index (κ1) is 17.2. The molecule has 22 heavy (non-hydrogen) atoms. The number of Topliss-reactive ketones (excluding diaryl/α,β-unsaturated/α-hetero) is 2. The van der Waals surface area contributed by atoms with Crippen molar-refractivity contribution in [2.75, 3.05) is 0 Å². The van der Waals surface area contributed by atoms with Crippen LogP contribution in [0.5, 0.6) is 0 Å². The van der Waals surface area contributed by atoms with Crippen LogP contribution in [-0.2, 0) is 9.59 Å². The molecule has 0 aliphatic heterocycles. The van der Waals surface area contributed by atoms with E-state index in [4.69, 9.17) is 0 Å². The minimum Gasteiger partial charge on any atom is -0.299 e. The second-order valence-electron chi connectivity index (χ2n) is 8.08. The van der Waals surface area contributed by atoms with Gasteiger partial charge in [0, 0.05) is 19.3 Å². The number of rotatable bonds is 0. The highest BCUT2D eigenvalue weighted by molar-refractivity contribution is 5.96. The molecule has 1 saturated carbocycles. The summed E-state index contributed by atoms with van der Waals surface area (Å²) >= 11 is 0. The summed E-state index contributed by atoms with van der Waals surface area (Å²) in [6, 6.07) is 0. The molecule has 0 aromatic heterocycles. The van der Waals surface area contributed by atoms with E-state index in [1.54, 1.807) is 0 Å². The van der Waals surface area contributed by atoms with Crippen molar-refractivity contribution in [1.29, 1.82) is 0 Å². The zero-order chi connectivity index (χ0) is 16.5. The lowest BCUT2D eigenvalue weighted by atomic mass is 9.93. The van der Waals surface area contributed by atoms with Crippen LogP contribution in [0, 0.1) is 23.2 Å². The van der Waals surface area contributed by atoms with Gasteiger partial charge in [-0.05, 0) is 55.4 Å². The maximum atomic E-state index is 12.2. The van der Waals surface area contributed by atoms with Gasteiger partial charge in [-0.1, -0.05) is 38.5 Å². The first-order chi connectivity index (χ1) is 10.2. The minimum atomic E-state index is 0.193. The molecule has 1 fully saturated rings. The predicted molar refractivity (Wildman–Crippen MR) is 90.5 cm³/mol. The largest absolute Gasteiger partial charge is 0.299 e. The van der Waals surface area contributed by atoms with Gasteiger partial charge in [0.15, 0.2) is 5.78 Å². The number of hydrogen-bond donors (Lipinski definition) is 0. The highest BCUT2D eigenvalue weighted by Gasteiger charge is 2.55. The average molecular weight is 302 g/mol. The average Bonchev–Trinajstić information content (AvgIpc) is 2.92. The first-order valence-corrected chi connectivity index (χ1v) is 8.60. The monoisotopic (exact) mass is 302 g/mol. The minimum absolute atomic E-state index is 0.193. The molecule has 122 valence electrons. The second kappa shape index (κ2) is 6.52. The van der Waals surface area contributed by atoms with Crippen molar-refractivity contribution in [2.45, 2.75) is 66.7 Å². The smallest absolute Gasteiger partial charge is 0.162 e. The molecule has 0 aromatic carbocycles. The summed E-state index contributed by atoms with van der Waals surface area (Å²) in [5, 5.41) is 0. The summed E-state index contributed by atoms with van der Waals surface area (Å²) in [6.45, 7) is 10.7. The summed E-state index contributed by atoms with van der Waals surface area (Å²) in [5.41, 5.74) is 2.22. The van der Waals surface area contributed by atoms with E-state index in [0.29, 0.717) is 48.2 Å². The lowest BCUT2D eigenvalue weighted by Gasteiger charge is -2.11. The van der Waals surface area contributed by atoms with E-state index >= 15 is 0 Å². The quantitative estimate of drug-likeness (QED) is 0.597. The zero-order valence-electron chi connectivity index (χ0n) is 14.7. The summed E-state index contributed by atoms with van der Waals surface area (Å²) in [6.07, 6.45) is 8.01. The van der Waals surface area contributed by atoms with E-state index < -0.39 is 0 Å². The van der Waals surface area contributed by atoms with Gasteiger partial charge in [0.2, 0.25) is 0 Å². The molecule has 2 nitrogen and oxygen atoms in total. The highest BCUT2D eigenvalue weighted by Crippen LogP contribution is 2.61. The molecule has 0 amide bonds. The molecule has 0 radical (unpaired) electrons. The topological polar surface area (TPSA) is 34.1 Å². The third-order valence-corrected chi connectivity index (χ3v) is 5.67. The molecule has 2 heteroatoms. The molecule has 0 aromatic rings. The third-order valence-electron chi connectivity index (χ3n) is 5.67. The van der Waals surface area contributed by atoms with Crippen LogP contribution in [0.2, 0.25) is 0 Å². The van der Waals surface area contributed by atoms with Crippen LogP contribution in [0.3, 0.4) is 0 Å². The van der Waals surface area contributed by atoms with Crippen molar-refractivity contribution < 1.29 is 9.59 Å². The SMILES string of the molecule is C/C1=C\CC(=O)/C(C)=C/[C@@H]2[C@@H](CC[C@H](C)CC(=O)C1)C2(C)C. The summed E-state index contributed by atoms with van der Waals surface area (Å²) in [5.74, 6) is 2.15. The molecule has 0 N–H and O–H groups in total. The molecule has 2 aliphatic carbocycles. The van der Waals surface area contributed by atoms with Crippen LogP contribution in [0.15, 0.2) is 23.3 Å². The molecule has 0 heterocycles. The van der Waals surface area contributed by atoms with E-state index in [1.165, 1.54) is 6.42 Å². The Balaban J connectivity index is 2.18. The fourth-order valence-corrected chi connectivity index (χ4v) is 3.87. The van der Waals surface area contributed by atoms with E-state index in [1.807, 2.05) is 19.9 Å². The maximum absolute atomic E-state index is 12.2. The van der Waals surface area contributed by atoms with Gasteiger partial charge in [0.1, 0.15) is 5.78 Å². The normalized spacial score (nSPS) is 38.1. The van der Waals surface area contributed by atoms with Crippen molar-refractivity contribution in [1.82, 2.24) is 0 Å². The van der Waals surface area contributed by atoms with Crippen LogP contribution in [-0.4, -0.2) is 11.6 Å². The van der Waals surface area contributed by atoms with Crippen molar-refractivity contribution in [3.8, 4) is 0 Å². The van der Waals surface area contributed by atoms with Gasteiger partial charge in [0.05, 0.1) is 0 Å². The highest BCUT2D eigenvalue weighted by atomic mass is 16.1. The fraction of sp³-hybridized carbons (Fsp3) is 0.700. The molecule has 0 bridgehead atoms. The predicted octanol–water partition coefficient (Wildman–Crippen LogP) is 4.89. The Kier molecular flexibility index (Phi) is 5.09. The van der Waals surface area contributed by atoms with Gasteiger partial charge in [-0.15, -0.1) is 0 Å². The molecular formula is C20H30O2. The van der Waals surface area contributed by atoms with Gasteiger partial charge >= 0.3 is 0 Å². The van der Waals surface area contributed by atoms with Crippen LogP contribution in [0.25, 0.3) is 0 Å². The number of fused-ring (bicyclic) bond motifs is 1. The van der Waals surface area contributed by atoms with E-state index in [0.717, 1.165) is 17.6 Å². The van der Waals surface area contributed by atoms with E-state index in [-0.39, 0.29) is 5.78 Å². The Bertz CT molecular complexity index is 522. The Morgan fingerprint density at radius 1 is 1.14 bits per heavy atom. The second-order valence-corrected chi connectivity index (χ2v) is 8.08. The maximum Gasteiger partial charge on any atom is 0.162 e. The number of hydrogen-bond acceptors (Lipinski definition) is 2. The van der Waals surface area contributed by atoms with Gasteiger partial charge in [-0.25, -0.2) is 0 Å². The zero-order valence-corrected chi connectivity index (χ0v) is 14.7. The van der Waals surface area contributed by atoms with Crippen molar-refractivity contribution in [3.63, 3.8) is 0 Å². The lowest BCUT2D eigenvalue weighted by molar-refractivity contribution is -0.119. The molecule has 2 aliphatic rings. The number of carbonyl (C=O) groups excluding carboxylic acids is 2. The molecule has 0 saturated heterocycles. The fourth-order valence-electron chi connectivity index (χ4n) is 3.87.